The minimum absolute atomic E-state index is 0.0683. The van der Waals surface area contributed by atoms with Crippen molar-refractivity contribution in [2.45, 2.75) is 25.4 Å². The fraction of sp³-hybridized carbons (Fsp3) is 0.333. The molecule has 2 rings (SSSR count). The molecule has 0 saturated carbocycles. The fourth-order valence-electron chi connectivity index (χ4n) is 2.07. The summed E-state index contributed by atoms with van der Waals surface area (Å²) in [6.45, 7) is 2.17. The van der Waals surface area contributed by atoms with Crippen molar-refractivity contribution >= 4 is 0 Å². The Balaban J connectivity index is 2.10. The molecular weight excluding hydrogens is 226 g/mol. The third-order valence-electron chi connectivity index (χ3n) is 3.08. The smallest absolute Gasteiger partial charge is 0.120 e. The second-order valence-electron chi connectivity index (χ2n) is 4.29. The van der Waals surface area contributed by atoms with Gasteiger partial charge in [0.25, 0.3) is 0 Å². The zero-order valence-electron chi connectivity index (χ0n) is 10.5. The molecule has 0 radical (unpaired) electrons. The van der Waals surface area contributed by atoms with Gasteiger partial charge in [-0.1, -0.05) is 37.3 Å². The molecule has 18 heavy (non-hydrogen) atoms. The van der Waals surface area contributed by atoms with E-state index >= 15 is 0 Å². The Morgan fingerprint density at radius 3 is 2.44 bits per heavy atom. The van der Waals surface area contributed by atoms with Crippen molar-refractivity contribution in [1.82, 2.24) is 5.32 Å². The van der Waals surface area contributed by atoms with Crippen molar-refractivity contribution in [1.29, 1.82) is 0 Å². The Bertz CT molecular complexity index is 439. The van der Waals surface area contributed by atoms with Gasteiger partial charge in [0.2, 0.25) is 0 Å². The van der Waals surface area contributed by atoms with Crippen LogP contribution < -0.4 is 5.32 Å². The first-order valence-corrected chi connectivity index (χ1v) is 6.30. The molecule has 3 nitrogen and oxygen atoms in total. The van der Waals surface area contributed by atoms with E-state index in [1.54, 1.807) is 6.26 Å². The van der Waals surface area contributed by atoms with Gasteiger partial charge in [-0.25, -0.2) is 0 Å². The maximum atomic E-state index is 9.53. The summed E-state index contributed by atoms with van der Waals surface area (Å²) in [5.74, 6) is 0.909. The maximum Gasteiger partial charge on any atom is 0.120 e. The lowest BCUT2D eigenvalue weighted by molar-refractivity contribution is 0.225. The van der Waals surface area contributed by atoms with Crippen LogP contribution in [-0.4, -0.2) is 11.7 Å². The van der Waals surface area contributed by atoms with Crippen LogP contribution in [0.3, 0.4) is 0 Å². The maximum absolute atomic E-state index is 9.53. The van der Waals surface area contributed by atoms with Crippen LogP contribution in [0.2, 0.25) is 0 Å². The normalized spacial score (nSPS) is 14.3. The van der Waals surface area contributed by atoms with Gasteiger partial charge in [-0.2, -0.15) is 0 Å². The lowest BCUT2D eigenvalue weighted by atomic mass is 10.0. The highest BCUT2D eigenvalue weighted by Crippen LogP contribution is 2.22. The van der Waals surface area contributed by atoms with E-state index in [1.807, 2.05) is 42.5 Å². The van der Waals surface area contributed by atoms with Gasteiger partial charge in [0.1, 0.15) is 5.76 Å². The van der Waals surface area contributed by atoms with Gasteiger partial charge in [0.15, 0.2) is 0 Å². The summed E-state index contributed by atoms with van der Waals surface area (Å²) in [5, 5.41) is 13.0. The third-order valence-corrected chi connectivity index (χ3v) is 3.08. The van der Waals surface area contributed by atoms with E-state index in [-0.39, 0.29) is 18.7 Å². The molecular formula is C15H19NO2. The molecule has 2 aromatic rings. The molecule has 2 atom stereocenters. The number of aliphatic hydroxyl groups is 1. The van der Waals surface area contributed by atoms with Crippen molar-refractivity contribution in [2.75, 3.05) is 6.61 Å². The summed E-state index contributed by atoms with van der Waals surface area (Å²) in [6.07, 6.45) is 2.59. The van der Waals surface area contributed by atoms with Crippen molar-refractivity contribution in [3.8, 4) is 0 Å². The highest BCUT2D eigenvalue weighted by Gasteiger charge is 2.18. The third kappa shape index (κ3) is 3.00. The molecule has 1 aromatic carbocycles. The molecule has 0 amide bonds. The quantitative estimate of drug-likeness (QED) is 0.822. The molecule has 1 unspecified atom stereocenters. The summed E-state index contributed by atoms with van der Waals surface area (Å²) in [4.78, 5) is 0. The molecule has 0 bridgehead atoms. The second kappa shape index (κ2) is 6.38. The first-order chi connectivity index (χ1) is 8.85. The molecule has 0 aliphatic heterocycles. The van der Waals surface area contributed by atoms with Crippen LogP contribution in [0.4, 0.5) is 0 Å². The first kappa shape index (κ1) is 12.9. The molecule has 1 heterocycles. The van der Waals surface area contributed by atoms with Crippen LogP contribution in [0.1, 0.15) is 36.8 Å². The molecule has 0 saturated heterocycles. The van der Waals surface area contributed by atoms with Crippen molar-refractivity contribution in [2.24, 2.45) is 0 Å². The highest BCUT2D eigenvalue weighted by atomic mass is 16.3. The van der Waals surface area contributed by atoms with Gasteiger partial charge in [0, 0.05) is 0 Å². The first-order valence-electron chi connectivity index (χ1n) is 6.30. The molecule has 0 fully saturated rings. The summed E-state index contributed by atoms with van der Waals surface area (Å²) in [7, 11) is 0. The lowest BCUT2D eigenvalue weighted by Crippen LogP contribution is -2.28. The molecule has 1 aromatic heterocycles. The van der Waals surface area contributed by atoms with Gasteiger partial charge < -0.3 is 9.52 Å². The largest absolute Gasteiger partial charge is 0.468 e. The van der Waals surface area contributed by atoms with Crippen LogP contribution in [0.5, 0.6) is 0 Å². The van der Waals surface area contributed by atoms with Gasteiger partial charge >= 0.3 is 0 Å². The standard InChI is InChI=1S/C15H19NO2/c1-2-13(15-9-6-10-18-15)16-14(11-17)12-7-4-3-5-8-12/h3-10,13-14,16-17H,2,11H2,1H3/t13?,14-/m0/s1. The Labute approximate surface area is 107 Å². The Kier molecular flexibility index (Phi) is 4.56. The average Bonchev–Trinajstić information content (AvgIpc) is 2.95. The topological polar surface area (TPSA) is 45.4 Å². The van der Waals surface area contributed by atoms with Crippen LogP contribution in [-0.2, 0) is 0 Å². The zero-order valence-corrected chi connectivity index (χ0v) is 10.5. The predicted octanol–water partition coefficient (Wildman–Crippen LogP) is 3.05. The number of aliphatic hydroxyl groups excluding tert-OH is 1. The van der Waals surface area contributed by atoms with Crippen LogP contribution in [0.25, 0.3) is 0 Å². The minimum atomic E-state index is -0.0683. The molecule has 2 N–H and O–H groups in total. The minimum Gasteiger partial charge on any atom is -0.468 e. The van der Waals surface area contributed by atoms with E-state index in [2.05, 4.69) is 12.2 Å². The Hall–Kier alpha value is -1.58. The second-order valence-corrected chi connectivity index (χ2v) is 4.29. The number of nitrogens with one attached hydrogen (secondary N) is 1. The molecule has 3 heteroatoms. The number of hydrogen-bond donors (Lipinski definition) is 2. The van der Waals surface area contributed by atoms with Crippen LogP contribution in [0, 0.1) is 0 Å². The van der Waals surface area contributed by atoms with E-state index in [9.17, 15) is 5.11 Å². The predicted molar refractivity (Wildman–Crippen MR) is 71.1 cm³/mol. The monoisotopic (exact) mass is 245 g/mol. The van der Waals surface area contributed by atoms with E-state index in [0.29, 0.717) is 0 Å². The van der Waals surface area contributed by atoms with E-state index in [1.165, 1.54) is 0 Å². The van der Waals surface area contributed by atoms with Gasteiger partial charge in [-0.15, -0.1) is 0 Å². The number of furan rings is 1. The number of benzene rings is 1. The van der Waals surface area contributed by atoms with Gasteiger partial charge in [-0.3, -0.25) is 5.32 Å². The summed E-state index contributed by atoms with van der Waals surface area (Å²) in [5.41, 5.74) is 1.09. The summed E-state index contributed by atoms with van der Waals surface area (Å²) >= 11 is 0. The summed E-state index contributed by atoms with van der Waals surface area (Å²) < 4.78 is 5.42. The molecule has 0 spiro atoms. The lowest BCUT2D eigenvalue weighted by Gasteiger charge is -2.22. The Morgan fingerprint density at radius 1 is 1.11 bits per heavy atom. The number of hydrogen-bond acceptors (Lipinski definition) is 3. The zero-order chi connectivity index (χ0) is 12.8. The van der Waals surface area contributed by atoms with Crippen molar-refractivity contribution in [3.05, 3.63) is 60.1 Å². The highest BCUT2D eigenvalue weighted by molar-refractivity contribution is 5.19. The molecule has 0 aliphatic rings. The van der Waals surface area contributed by atoms with Crippen molar-refractivity contribution in [3.63, 3.8) is 0 Å². The van der Waals surface area contributed by atoms with Crippen LogP contribution in [0.15, 0.2) is 53.1 Å². The number of rotatable bonds is 6. The molecule has 0 aliphatic carbocycles. The fourth-order valence-corrected chi connectivity index (χ4v) is 2.07. The van der Waals surface area contributed by atoms with Crippen LogP contribution >= 0.6 is 0 Å². The molecule has 96 valence electrons. The summed E-state index contributed by atoms with van der Waals surface area (Å²) in [6, 6.07) is 13.9. The van der Waals surface area contributed by atoms with E-state index < -0.39 is 0 Å². The van der Waals surface area contributed by atoms with Gasteiger partial charge in [0.05, 0.1) is 25.0 Å². The Morgan fingerprint density at radius 2 is 1.89 bits per heavy atom. The van der Waals surface area contributed by atoms with Crippen molar-refractivity contribution < 1.29 is 9.52 Å². The van der Waals surface area contributed by atoms with Gasteiger partial charge in [-0.05, 0) is 24.1 Å². The van der Waals surface area contributed by atoms with E-state index in [4.69, 9.17) is 4.42 Å². The van der Waals surface area contributed by atoms with E-state index in [0.717, 1.165) is 17.7 Å². The average molecular weight is 245 g/mol. The SMILES string of the molecule is CCC(N[C@@H](CO)c1ccccc1)c1ccco1.